The average molecular weight is 428 g/mol. The number of nitrogens with one attached hydrogen (secondary N) is 1. The molecule has 0 aliphatic carbocycles. The van der Waals surface area contributed by atoms with Crippen molar-refractivity contribution in [2.75, 3.05) is 5.32 Å². The molecule has 7 nitrogen and oxygen atoms in total. The highest BCUT2D eigenvalue weighted by atomic mass is 19.4. The van der Waals surface area contributed by atoms with Crippen LogP contribution in [0.25, 0.3) is 22.0 Å². The predicted molar refractivity (Wildman–Crippen MR) is 105 cm³/mol. The Morgan fingerprint density at radius 2 is 1.87 bits per heavy atom. The standard InChI is InChI=1S/C21H15F3N4O3/c22-21(23,24)18-11-15(12-4-2-1-3-5-12)14-7-6-13(10-16(14)28-18)27-19(29)17(8-9-25)31-20(26)30/h1-7,10-11,17H,8H2,(H2,26,30)(H,27,29). The Kier molecular flexibility index (Phi) is 6.06. The molecule has 2 aromatic carbocycles. The number of hydrogen-bond donors (Lipinski definition) is 2. The van der Waals surface area contributed by atoms with Gasteiger partial charge in [-0.2, -0.15) is 18.4 Å². The number of benzene rings is 2. The van der Waals surface area contributed by atoms with Crippen LogP contribution in [0.3, 0.4) is 0 Å². The molecule has 1 atom stereocenters. The van der Waals surface area contributed by atoms with Crippen molar-refractivity contribution in [1.29, 1.82) is 5.26 Å². The summed E-state index contributed by atoms with van der Waals surface area (Å²) in [5, 5.41) is 11.6. The lowest BCUT2D eigenvalue weighted by atomic mass is 9.99. The SMILES string of the molecule is N#CCC(OC(N)=O)C(=O)Nc1ccc2c(-c3ccccc3)cc(C(F)(F)F)nc2c1. The van der Waals surface area contributed by atoms with Crippen LogP contribution in [-0.2, 0) is 15.7 Å². The molecular weight excluding hydrogens is 413 g/mol. The number of alkyl halides is 3. The molecule has 1 aromatic heterocycles. The van der Waals surface area contributed by atoms with Gasteiger partial charge in [-0.05, 0) is 29.3 Å². The average Bonchev–Trinajstić information content (AvgIpc) is 2.72. The fourth-order valence-corrected chi connectivity index (χ4v) is 2.94. The fraction of sp³-hybridized carbons (Fsp3) is 0.143. The van der Waals surface area contributed by atoms with Crippen molar-refractivity contribution in [3.63, 3.8) is 0 Å². The van der Waals surface area contributed by atoms with Gasteiger partial charge in [0.1, 0.15) is 5.69 Å². The maximum Gasteiger partial charge on any atom is 0.433 e. The van der Waals surface area contributed by atoms with Crippen molar-refractivity contribution in [2.24, 2.45) is 5.73 Å². The summed E-state index contributed by atoms with van der Waals surface area (Å²) < 4.78 is 44.8. The van der Waals surface area contributed by atoms with Gasteiger partial charge in [-0.1, -0.05) is 36.4 Å². The molecule has 3 aromatic rings. The van der Waals surface area contributed by atoms with Gasteiger partial charge in [0.05, 0.1) is 18.0 Å². The van der Waals surface area contributed by atoms with Gasteiger partial charge < -0.3 is 15.8 Å². The number of carbonyl (C=O) groups is 2. The molecule has 3 N–H and O–H groups in total. The van der Waals surface area contributed by atoms with Crippen LogP contribution >= 0.6 is 0 Å². The summed E-state index contributed by atoms with van der Waals surface area (Å²) in [5.74, 6) is -0.852. The lowest BCUT2D eigenvalue weighted by molar-refractivity contribution is -0.140. The summed E-state index contributed by atoms with van der Waals surface area (Å²) >= 11 is 0. The Morgan fingerprint density at radius 1 is 1.16 bits per heavy atom. The Hall–Kier alpha value is -4.13. The summed E-state index contributed by atoms with van der Waals surface area (Å²) in [5.41, 5.74) is 4.82. The summed E-state index contributed by atoms with van der Waals surface area (Å²) in [6, 6.07) is 15.4. The number of anilines is 1. The predicted octanol–water partition coefficient (Wildman–Crippen LogP) is 4.24. The lowest BCUT2D eigenvalue weighted by Gasteiger charge is -2.15. The van der Waals surface area contributed by atoms with Crippen molar-refractivity contribution in [1.82, 2.24) is 4.98 Å². The monoisotopic (exact) mass is 428 g/mol. The van der Waals surface area contributed by atoms with Crippen LogP contribution in [0, 0.1) is 11.3 Å². The molecule has 2 amide bonds. The number of nitrogens with two attached hydrogens (primary N) is 1. The smallest absolute Gasteiger partial charge is 0.433 e. The van der Waals surface area contributed by atoms with Crippen molar-refractivity contribution in [2.45, 2.75) is 18.7 Å². The van der Waals surface area contributed by atoms with Gasteiger partial charge in [-0.3, -0.25) is 4.79 Å². The third-order valence-corrected chi connectivity index (χ3v) is 4.28. The Labute approximate surface area is 174 Å². The van der Waals surface area contributed by atoms with Gasteiger partial charge >= 0.3 is 12.3 Å². The number of nitriles is 1. The van der Waals surface area contributed by atoms with Gasteiger partial charge in [-0.25, -0.2) is 9.78 Å². The van der Waals surface area contributed by atoms with Gasteiger partial charge in [0.25, 0.3) is 5.91 Å². The van der Waals surface area contributed by atoms with Gasteiger partial charge in [-0.15, -0.1) is 0 Å². The maximum atomic E-state index is 13.4. The summed E-state index contributed by atoms with van der Waals surface area (Å²) in [4.78, 5) is 26.9. The molecule has 1 heterocycles. The number of rotatable bonds is 5. The molecule has 3 rings (SSSR count). The van der Waals surface area contributed by atoms with E-state index in [-0.39, 0.29) is 11.2 Å². The Balaban J connectivity index is 2.04. The van der Waals surface area contributed by atoms with Crippen LogP contribution in [-0.4, -0.2) is 23.1 Å². The Morgan fingerprint density at radius 3 is 2.48 bits per heavy atom. The second kappa shape index (κ2) is 8.71. The van der Waals surface area contributed by atoms with Crippen molar-refractivity contribution >= 4 is 28.6 Å². The highest BCUT2D eigenvalue weighted by molar-refractivity contribution is 6.00. The van der Waals surface area contributed by atoms with Crippen LogP contribution in [0.4, 0.5) is 23.7 Å². The number of nitrogens with zero attached hydrogens (tertiary/aromatic N) is 2. The zero-order chi connectivity index (χ0) is 22.6. The molecule has 0 aliphatic rings. The molecule has 0 radical (unpaired) electrons. The van der Waals surface area contributed by atoms with E-state index in [1.807, 2.05) is 0 Å². The fourth-order valence-electron chi connectivity index (χ4n) is 2.94. The summed E-state index contributed by atoms with van der Waals surface area (Å²) in [7, 11) is 0. The molecule has 10 heteroatoms. The summed E-state index contributed by atoms with van der Waals surface area (Å²) in [6.45, 7) is 0. The van der Waals surface area contributed by atoms with Crippen LogP contribution in [0.1, 0.15) is 12.1 Å². The number of carbonyl (C=O) groups excluding carboxylic acids is 2. The van der Waals surface area contributed by atoms with E-state index in [1.54, 1.807) is 36.4 Å². The van der Waals surface area contributed by atoms with Crippen molar-refractivity contribution < 1.29 is 27.5 Å². The van der Waals surface area contributed by atoms with E-state index in [1.165, 1.54) is 18.2 Å². The molecule has 0 saturated carbocycles. The number of ether oxygens (including phenoxy) is 1. The molecule has 0 spiro atoms. The lowest BCUT2D eigenvalue weighted by Crippen LogP contribution is -2.34. The number of hydrogen-bond acceptors (Lipinski definition) is 5. The topological polar surface area (TPSA) is 118 Å². The van der Waals surface area contributed by atoms with Crippen LogP contribution < -0.4 is 11.1 Å². The van der Waals surface area contributed by atoms with E-state index in [9.17, 15) is 22.8 Å². The maximum absolute atomic E-state index is 13.4. The van der Waals surface area contributed by atoms with E-state index < -0.39 is 36.4 Å². The normalized spacial score (nSPS) is 12.1. The molecule has 158 valence electrons. The molecule has 0 saturated heterocycles. The molecule has 0 bridgehead atoms. The first-order chi connectivity index (χ1) is 14.7. The number of primary amides is 1. The van der Waals surface area contributed by atoms with E-state index >= 15 is 0 Å². The molecule has 0 fully saturated rings. The van der Waals surface area contributed by atoms with Crippen molar-refractivity contribution in [3.8, 4) is 17.2 Å². The number of aromatic nitrogens is 1. The van der Waals surface area contributed by atoms with E-state index in [0.29, 0.717) is 16.5 Å². The third-order valence-electron chi connectivity index (χ3n) is 4.28. The van der Waals surface area contributed by atoms with Gasteiger partial charge in [0, 0.05) is 11.1 Å². The first-order valence-corrected chi connectivity index (χ1v) is 8.90. The number of halogens is 3. The molecular formula is C21H15F3N4O3. The first kappa shape index (κ1) is 21.6. The summed E-state index contributed by atoms with van der Waals surface area (Å²) in [6.07, 6.45) is -7.83. The Bertz CT molecular complexity index is 1170. The van der Waals surface area contributed by atoms with E-state index in [2.05, 4.69) is 15.0 Å². The third kappa shape index (κ3) is 5.08. The highest BCUT2D eigenvalue weighted by Crippen LogP contribution is 2.36. The van der Waals surface area contributed by atoms with E-state index in [0.717, 1.165) is 6.07 Å². The molecule has 31 heavy (non-hydrogen) atoms. The largest absolute Gasteiger partial charge is 0.435 e. The zero-order valence-electron chi connectivity index (χ0n) is 15.8. The minimum atomic E-state index is -4.68. The van der Waals surface area contributed by atoms with Gasteiger partial charge in [0.2, 0.25) is 0 Å². The van der Waals surface area contributed by atoms with Crippen LogP contribution in [0.5, 0.6) is 0 Å². The zero-order valence-corrected chi connectivity index (χ0v) is 15.8. The highest BCUT2D eigenvalue weighted by Gasteiger charge is 2.33. The van der Waals surface area contributed by atoms with Crippen LogP contribution in [0.2, 0.25) is 0 Å². The first-order valence-electron chi connectivity index (χ1n) is 8.90. The number of fused-ring (bicyclic) bond motifs is 1. The number of amides is 2. The van der Waals surface area contributed by atoms with Crippen molar-refractivity contribution in [3.05, 3.63) is 60.3 Å². The van der Waals surface area contributed by atoms with Gasteiger partial charge in [0.15, 0.2) is 6.10 Å². The van der Waals surface area contributed by atoms with Crippen LogP contribution in [0.15, 0.2) is 54.6 Å². The minimum Gasteiger partial charge on any atom is -0.435 e. The minimum absolute atomic E-state index is 0.000805. The van der Waals surface area contributed by atoms with E-state index in [4.69, 9.17) is 11.0 Å². The second-order valence-corrected chi connectivity index (χ2v) is 6.43. The molecule has 1 unspecified atom stereocenters. The number of pyridine rings is 1. The second-order valence-electron chi connectivity index (χ2n) is 6.43. The quantitative estimate of drug-likeness (QED) is 0.630. The molecule has 0 aliphatic heterocycles.